The van der Waals surface area contributed by atoms with E-state index in [0.29, 0.717) is 0 Å². The first kappa shape index (κ1) is 18.7. The smallest absolute Gasteiger partial charge is 0.392 e. The molecule has 0 radical (unpaired) electrons. The average molecular weight is 358 g/mol. The van der Waals surface area contributed by atoms with Crippen LogP contribution in [0.5, 0.6) is 5.88 Å². The quantitative estimate of drug-likeness (QED) is 0.807. The number of aromatic nitrogens is 1. The van der Waals surface area contributed by atoms with E-state index in [4.69, 9.17) is 15.6 Å². The molecule has 2 heterocycles. The van der Waals surface area contributed by atoms with Gasteiger partial charge in [0.2, 0.25) is 5.88 Å². The molecule has 0 spiro atoms. The molecule has 136 valence electrons. The Balaban J connectivity index is 1.98. The normalized spacial score (nSPS) is 18.7. The number of nitrogens with zero attached hydrogens (tertiary/aromatic N) is 3. The second-order valence-electron chi connectivity index (χ2n) is 5.32. The van der Waals surface area contributed by atoms with E-state index in [1.165, 1.54) is 24.5 Å². The molecular weight excluding hydrogens is 341 g/mol. The Morgan fingerprint density at radius 3 is 2.72 bits per heavy atom. The van der Waals surface area contributed by atoms with E-state index < -0.39 is 31.5 Å². The summed E-state index contributed by atoms with van der Waals surface area (Å²) in [5.41, 5.74) is 6.44. The van der Waals surface area contributed by atoms with Crippen LogP contribution in [-0.4, -0.2) is 45.7 Å². The Labute approximate surface area is 141 Å². The first-order chi connectivity index (χ1) is 11.7. The molecule has 0 amide bonds. The molecule has 2 unspecified atom stereocenters. The number of hydrogen-bond acceptors (Lipinski definition) is 6. The second-order valence-corrected chi connectivity index (χ2v) is 5.32. The lowest BCUT2D eigenvalue weighted by molar-refractivity contribution is -0.139. The summed E-state index contributed by atoms with van der Waals surface area (Å²) < 4.78 is 41.2. The number of carboxylic acid groups (broad SMARTS) is 1. The number of aliphatic imine (C=N–C) groups is 1. The SMILES string of the molecule is CC(c1ccc(OCCC(F)(F)F)nc1)N1C=CC(C(=O)O)=NC1N. The van der Waals surface area contributed by atoms with Crippen LogP contribution in [0, 0.1) is 0 Å². The molecule has 0 aliphatic carbocycles. The van der Waals surface area contributed by atoms with Crippen molar-refractivity contribution in [1.29, 1.82) is 0 Å². The highest BCUT2D eigenvalue weighted by Crippen LogP contribution is 2.25. The molecule has 1 aliphatic heterocycles. The lowest BCUT2D eigenvalue weighted by atomic mass is 10.1. The van der Waals surface area contributed by atoms with Crippen LogP contribution >= 0.6 is 0 Å². The maximum absolute atomic E-state index is 12.1. The minimum atomic E-state index is -4.28. The van der Waals surface area contributed by atoms with E-state index in [2.05, 4.69) is 9.98 Å². The molecule has 0 saturated heterocycles. The number of alkyl halides is 3. The van der Waals surface area contributed by atoms with Gasteiger partial charge in [0.1, 0.15) is 5.71 Å². The number of aliphatic carboxylic acids is 1. The zero-order valence-corrected chi connectivity index (χ0v) is 13.3. The number of carboxylic acids is 1. The number of pyridine rings is 1. The summed E-state index contributed by atoms with van der Waals surface area (Å²) in [5, 5.41) is 8.90. The number of hydrogen-bond donors (Lipinski definition) is 2. The molecule has 1 aromatic heterocycles. The van der Waals surface area contributed by atoms with Gasteiger partial charge in [0.15, 0.2) is 6.29 Å². The van der Waals surface area contributed by atoms with Gasteiger partial charge in [-0.1, -0.05) is 6.07 Å². The highest BCUT2D eigenvalue weighted by Gasteiger charge is 2.27. The van der Waals surface area contributed by atoms with Crippen molar-refractivity contribution in [2.24, 2.45) is 10.7 Å². The van der Waals surface area contributed by atoms with E-state index in [1.807, 2.05) is 6.92 Å². The predicted octanol–water partition coefficient (Wildman–Crippen LogP) is 2.07. The predicted molar refractivity (Wildman–Crippen MR) is 82.8 cm³/mol. The molecule has 2 atom stereocenters. The zero-order chi connectivity index (χ0) is 18.6. The fourth-order valence-corrected chi connectivity index (χ4v) is 2.15. The van der Waals surface area contributed by atoms with Gasteiger partial charge in [0.05, 0.1) is 19.1 Å². The highest BCUT2D eigenvalue weighted by molar-refractivity contribution is 6.40. The molecule has 10 heteroatoms. The van der Waals surface area contributed by atoms with Gasteiger partial charge < -0.3 is 14.7 Å². The highest BCUT2D eigenvalue weighted by atomic mass is 19.4. The van der Waals surface area contributed by atoms with Gasteiger partial charge in [0.25, 0.3) is 0 Å². The first-order valence-corrected chi connectivity index (χ1v) is 7.35. The van der Waals surface area contributed by atoms with E-state index in [9.17, 15) is 18.0 Å². The van der Waals surface area contributed by atoms with Crippen molar-refractivity contribution in [2.45, 2.75) is 31.9 Å². The van der Waals surface area contributed by atoms with Crippen molar-refractivity contribution in [3.63, 3.8) is 0 Å². The Kier molecular flexibility index (Phi) is 5.62. The molecule has 0 fully saturated rings. The van der Waals surface area contributed by atoms with Crippen molar-refractivity contribution in [2.75, 3.05) is 6.61 Å². The molecule has 25 heavy (non-hydrogen) atoms. The maximum atomic E-state index is 12.1. The van der Waals surface area contributed by atoms with Crippen LogP contribution < -0.4 is 10.5 Å². The molecule has 3 N–H and O–H groups in total. The summed E-state index contributed by atoms with van der Waals surface area (Å²) in [7, 11) is 0. The molecule has 1 aromatic rings. The second kappa shape index (κ2) is 7.51. The van der Waals surface area contributed by atoms with E-state index >= 15 is 0 Å². The Morgan fingerprint density at radius 1 is 1.48 bits per heavy atom. The first-order valence-electron chi connectivity index (χ1n) is 7.35. The Bertz CT molecular complexity index is 674. The summed E-state index contributed by atoms with van der Waals surface area (Å²) in [4.78, 5) is 20.4. The summed E-state index contributed by atoms with van der Waals surface area (Å²) in [6, 6.07) is 2.84. The number of nitrogens with two attached hydrogens (primary N) is 1. The van der Waals surface area contributed by atoms with Gasteiger partial charge in [-0.25, -0.2) is 14.8 Å². The van der Waals surface area contributed by atoms with Crippen LogP contribution in [0.2, 0.25) is 0 Å². The van der Waals surface area contributed by atoms with E-state index in [-0.39, 0.29) is 17.6 Å². The monoisotopic (exact) mass is 358 g/mol. The van der Waals surface area contributed by atoms with Crippen molar-refractivity contribution in [1.82, 2.24) is 9.88 Å². The van der Waals surface area contributed by atoms with E-state index in [0.717, 1.165) is 5.56 Å². The molecule has 7 nitrogen and oxygen atoms in total. The van der Waals surface area contributed by atoms with Crippen molar-refractivity contribution >= 4 is 11.7 Å². The third-order valence-electron chi connectivity index (χ3n) is 3.52. The lowest BCUT2D eigenvalue weighted by Crippen LogP contribution is -2.42. The van der Waals surface area contributed by atoms with Crippen LogP contribution in [-0.2, 0) is 4.79 Å². The fraction of sp³-hybridized carbons (Fsp3) is 0.400. The minimum absolute atomic E-state index is 0.0878. The maximum Gasteiger partial charge on any atom is 0.392 e. The third kappa shape index (κ3) is 5.18. The minimum Gasteiger partial charge on any atom is -0.477 e. The molecule has 2 rings (SSSR count). The van der Waals surface area contributed by atoms with Gasteiger partial charge in [-0.15, -0.1) is 0 Å². The molecule has 0 bridgehead atoms. The largest absolute Gasteiger partial charge is 0.477 e. The van der Waals surface area contributed by atoms with Crippen LogP contribution in [0.25, 0.3) is 0 Å². The molecular formula is C15H17F3N4O3. The van der Waals surface area contributed by atoms with Crippen LogP contribution in [0.15, 0.2) is 35.6 Å². The molecule has 1 aliphatic rings. The standard InChI is InChI=1S/C15H17F3N4O3/c1-9(22-6-4-11(13(23)24)21-14(22)19)10-2-3-12(20-8-10)25-7-5-15(16,17)18/h2-4,6,8-9,14H,5,7,19H2,1H3,(H,23,24). The van der Waals surface area contributed by atoms with Crippen molar-refractivity contribution < 1.29 is 27.8 Å². The number of carbonyl (C=O) groups is 1. The third-order valence-corrected chi connectivity index (χ3v) is 3.52. The van der Waals surface area contributed by atoms with Gasteiger partial charge in [-0.3, -0.25) is 5.73 Å². The van der Waals surface area contributed by atoms with Gasteiger partial charge in [0, 0.05) is 18.5 Å². The van der Waals surface area contributed by atoms with Crippen LogP contribution in [0.3, 0.4) is 0 Å². The summed E-state index contributed by atoms with van der Waals surface area (Å²) in [6.45, 7) is 1.31. The topological polar surface area (TPSA) is 101 Å². The zero-order valence-electron chi connectivity index (χ0n) is 13.3. The summed E-state index contributed by atoms with van der Waals surface area (Å²) >= 11 is 0. The van der Waals surface area contributed by atoms with Gasteiger partial charge in [-0.2, -0.15) is 13.2 Å². The fourth-order valence-electron chi connectivity index (χ4n) is 2.15. The van der Waals surface area contributed by atoms with Gasteiger partial charge >= 0.3 is 12.1 Å². The Hall–Kier alpha value is -2.62. The van der Waals surface area contributed by atoms with E-state index in [1.54, 1.807) is 11.0 Å². The number of rotatable bonds is 6. The van der Waals surface area contributed by atoms with Crippen molar-refractivity contribution in [3.05, 3.63) is 36.2 Å². The number of halogens is 3. The Morgan fingerprint density at radius 2 is 2.20 bits per heavy atom. The van der Waals surface area contributed by atoms with Crippen molar-refractivity contribution in [3.8, 4) is 5.88 Å². The summed E-state index contributed by atoms with van der Waals surface area (Å²) in [6.07, 6.45) is -1.87. The van der Waals surface area contributed by atoms with Crippen LogP contribution in [0.1, 0.15) is 24.9 Å². The van der Waals surface area contributed by atoms with Gasteiger partial charge in [-0.05, 0) is 18.6 Å². The molecule has 0 saturated carbocycles. The average Bonchev–Trinajstić information content (AvgIpc) is 2.53. The number of ether oxygens (including phenoxy) is 1. The molecule has 0 aromatic carbocycles. The lowest BCUT2D eigenvalue weighted by Gasteiger charge is -2.33. The van der Waals surface area contributed by atoms with Crippen LogP contribution in [0.4, 0.5) is 13.2 Å². The summed E-state index contributed by atoms with van der Waals surface area (Å²) in [5.74, 6) is -1.08.